The van der Waals surface area contributed by atoms with E-state index in [1.807, 2.05) is 36.1 Å². The van der Waals surface area contributed by atoms with Crippen LogP contribution in [0.1, 0.15) is 93.5 Å². The van der Waals surface area contributed by atoms with Gasteiger partial charge in [-0.3, -0.25) is 9.59 Å². The maximum Gasteiger partial charge on any atom is 0.255 e. The lowest BCUT2D eigenvalue weighted by atomic mass is 9.81. The zero-order valence-electron chi connectivity index (χ0n) is 17.2. The van der Waals surface area contributed by atoms with Gasteiger partial charge in [-0.2, -0.15) is 0 Å². The lowest BCUT2D eigenvalue weighted by molar-refractivity contribution is -0.133. The minimum Gasteiger partial charge on any atom is -0.351 e. The molecule has 2 aliphatic carbocycles. The first kappa shape index (κ1) is 19.5. The van der Waals surface area contributed by atoms with E-state index >= 15 is 0 Å². The number of nitrogens with one attached hydrogen (secondary N) is 1. The molecule has 1 N–H and O–H groups in total. The number of amides is 2. The lowest BCUT2D eigenvalue weighted by Gasteiger charge is -2.47. The van der Waals surface area contributed by atoms with Crippen molar-refractivity contribution in [1.29, 1.82) is 0 Å². The Labute approximate surface area is 169 Å². The molecule has 1 heterocycles. The summed E-state index contributed by atoms with van der Waals surface area (Å²) in [6.45, 7) is 2.00. The van der Waals surface area contributed by atoms with E-state index in [1.54, 1.807) is 0 Å². The second-order valence-electron chi connectivity index (χ2n) is 9.24. The van der Waals surface area contributed by atoms with E-state index in [9.17, 15) is 9.59 Å². The maximum absolute atomic E-state index is 13.6. The topological polar surface area (TPSA) is 49.4 Å². The average Bonchev–Trinajstić information content (AvgIpc) is 3.18. The van der Waals surface area contributed by atoms with Crippen LogP contribution in [0.5, 0.6) is 0 Å². The third-order valence-electron chi connectivity index (χ3n) is 7.15. The van der Waals surface area contributed by atoms with Crippen LogP contribution in [0.2, 0.25) is 0 Å². The fourth-order valence-electron chi connectivity index (χ4n) is 5.56. The third-order valence-corrected chi connectivity index (χ3v) is 7.15. The van der Waals surface area contributed by atoms with E-state index in [-0.39, 0.29) is 23.9 Å². The molecular formula is C24H34N2O2. The number of carbonyl (C=O) groups is 2. The van der Waals surface area contributed by atoms with Crippen molar-refractivity contribution in [3.63, 3.8) is 0 Å². The molecule has 0 aromatic heterocycles. The molecule has 2 fully saturated rings. The molecular weight excluding hydrogens is 348 g/mol. The van der Waals surface area contributed by atoms with E-state index < -0.39 is 5.54 Å². The van der Waals surface area contributed by atoms with Crippen LogP contribution in [0, 0.1) is 0 Å². The van der Waals surface area contributed by atoms with Gasteiger partial charge in [-0.1, -0.05) is 63.1 Å². The molecule has 0 radical (unpaired) electrons. The van der Waals surface area contributed by atoms with Crippen molar-refractivity contribution in [2.75, 3.05) is 0 Å². The Bertz CT molecular complexity index is 717. The van der Waals surface area contributed by atoms with Crippen molar-refractivity contribution >= 4 is 11.8 Å². The van der Waals surface area contributed by atoms with Crippen molar-refractivity contribution < 1.29 is 9.59 Å². The van der Waals surface area contributed by atoms with Crippen molar-refractivity contribution in [2.24, 2.45) is 0 Å². The summed E-state index contributed by atoms with van der Waals surface area (Å²) in [6.07, 6.45) is 13.3. The van der Waals surface area contributed by atoms with E-state index in [0.29, 0.717) is 6.42 Å². The number of hydrogen-bond donors (Lipinski definition) is 1. The van der Waals surface area contributed by atoms with Crippen LogP contribution in [-0.2, 0) is 11.2 Å². The van der Waals surface area contributed by atoms with Crippen LogP contribution in [0.3, 0.4) is 0 Å². The maximum atomic E-state index is 13.6. The molecule has 0 unspecified atom stereocenters. The molecule has 2 amide bonds. The first-order valence-corrected chi connectivity index (χ1v) is 11.3. The summed E-state index contributed by atoms with van der Waals surface area (Å²) in [6, 6.07) is 8.29. The van der Waals surface area contributed by atoms with Crippen LogP contribution < -0.4 is 5.32 Å². The van der Waals surface area contributed by atoms with E-state index in [1.165, 1.54) is 32.1 Å². The molecule has 4 heteroatoms. The molecule has 2 saturated carbocycles. The van der Waals surface area contributed by atoms with Crippen molar-refractivity contribution in [1.82, 2.24) is 10.2 Å². The number of rotatable bonds is 3. The number of nitrogens with zero attached hydrogens (tertiary/aromatic N) is 1. The van der Waals surface area contributed by atoms with Crippen LogP contribution >= 0.6 is 0 Å². The summed E-state index contributed by atoms with van der Waals surface area (Å²) in [5.41, 5.74) is 1.01. The van der Waals surface area contributed by atoms with Crippen LogP contribution in [-0.4, -0.2) is 34.3 Å². The van der Waals surface area contributed by atoms with Gasteiger partial charge in [0.05, 0.1) is 0 Å². The predicted octanol–water partition coefficient (Wildman–Crippen LogP) is 4.62. The Morgan fingerprint density at radius 1 is 0.964 bits per heavy atom. The zero-order chi connectivity index (χ0) is 19.6. The molecule has 0 bridgehead atoms. The quantitative estimate of drug-likeness (QED) is 0.829. The highest BCUT2D eigenvalue weighted by atomic mass is 16.2. The average molecular weight is 383 g/mol. The number of benzene rings is 1. The molecule has 0 saturated heterocycles. The molecule has 1 aliphatic heterocycles. The Kier molecular flexibility index (Phi) is 5.75. The van der Waals surface area contributed by atoms with Gasteiger partial charge < -0.3 is 10.2 Å². The summed E-state index contributed by atoms with van der Waals surface area (Å²) in [7, 11) is 0. The van der Waals surface area contributed by atoms with Gasteiger partial charge in [0.25, 0.3) is 5.91 Å². The Morgan fingerprint density at radius 2 is 1.57 bits per heavy atom. The normalized spacial score (nSPS) is 27.2. The SMILES string of the molecule is C[C@]1(C(=O)NC2CCCCCCC2)Cc2ccccc2C(=O)N1C1CCCC1. The highest BCUT2D eigenvalue weighted by Crippen LogP contribution is 2.37. The molecule has 0 spiro atoms. The monoisotopic (exact) mass is 382 g/mol. The summed E-state index contributed by atoms with van der Waals surface area (Å²) in [5, 5.41) is 3.37. The van der Waals surface area contributed by atoms with Crippen molar-refractivity contribution in [3.05, 3.63) is 35.4 Å². The summed E-state index contributed by atoms with van der Waals surface area (Å²) in [5.74, 6) is 0.0943. The van der Waals surface area contributed by atoms with E-state index in [4.69, 9.17) is 0 Å². The molecule has 3 aliphatic rings. The number of hydrogen-bond acceptors (Lipinski definition) is 2. The third kappa shape index (κ3) is 3.70. The van der Waals surface area contributed by atoms with Crippen molar-refractivity contribution in [3.8, 4) is 0 Å². The van der Waals surface area contributed by atoms with E-state index in [0.717, 1.165) is 49.7 Å². The minimum atomic E-state index is -0.789. The largest absolute Gasteiger partial charge is 0.351 e. The van der Waals surface area contributed by atoms with Gasteiger partial charge in [0.15, 0.2) is 0 Å². The summed E-state index contributed by atoms with van der Waals surface area (Å²) in [4.78, 5) is 29.0. The molecule has 152 valence electrons. The minimum absolute atomic E-state index is 0.0454. The molecule has 1 aromatic rings. The first-order chi connectivity index (χ1) is 13.6. The second kappa shape index (κ2) is 8.26. The molecule has 1 aromatic carbocycles. The highest BCUT2D eigenvalue weighted by Gasteiger charge is 2.50. The Balaban J connectivity index is 1.61. The zero-order valence-corrected chi connectivity index (χ0v) is 17.2. The van der Waals surface area contributed by atoms with Gasteiger partial charge in [-0.25, -0.2) is 0 Å². The molecule has 1 atom stereocenters. The number of fused-ring (bicyclic) bond motifs is 1. The Morgan fingerprint density at radius 3 is 2.29 bits per heavy atom. The van der Waals surface area contributed by atoms with Crippen LogP contribution in [0.25, 0.3) is 0 Å². The predicted molar refractivity (Wildman–Crippen MR) is 111 cm³/mol. The lowest BCUT2D eigenvalue weighted by Crippen LogP contribution is -2.65. The fraction of sp³-hybridized carbons (Fsp3) is 0.667. The van der Waals surface area contributed by atoms with Gasteiger partial charge in [-0.15, -0.1) is 0 Å². The standard InChI is InChI=1S/C24H34N2O2/c1-24(23(28)25-19-12-5-3-2-4-6-13-19)17-18-11-7-10-16-21(18)22(27)26(24)20-14-8-9-15-20/h7,10-11,16,19-20H,2-6,8-9,12-15,17H2,1H3,(H,25,28)/t24-/m1/s1. The van der Waals surface area contributed by atoms with Gasteiger partial charge in [0, 0.05) is 24.1 Å². The Hall–Kier alpha value is -1.84. The van der Waals surface area contributed by atoms with Gasteiger partial charge in [-0.05, 0) is 44.2 Å². The first-order valence-electron chi connectivity index (χ1n) is 11.3. The van der Waals surface area contributed by atoms with Gasteiger partial charge >= 0.3 is 0 Å². The summed E-state index contributed by atoms with van der Waals surface area (Å²) >= 11 is 0. The molecule has 4 rings (SSSR count). The van der Waals surface area contributed by atoms with Crippen LogP contribution in [0.4, 0.5) is 0 Å². The van der Waals surface area contributed by atoms with Gasteiger partial charge in [0.1, 0.15) is 5.54 Å². The van der Waals surface area contributed by atoms with Gasteiger partial charge in [0.2, 0.25) is 5.91 Å². The fourth-order valence-corrected chi connectivity index (χ4v) is 5.56. The molecule has 4 nitrogen and oxygen atoms in total. The summed E-state index contributed by atoms with van der Waals surface area (Å²) < 4.78 is 0. The van der Waals surface area contributed by atoms with E-state index in [2.05, 4.69) is 5.32 Å². The number of carbonyl (C=O) groups excluding carboxylic acids is 2. The van der Waals surface area contributed by atoms with Crippen molar-refractivity contribution in [2.45, 2.75) is 102 Å². The van der Waals surface area contributed by atoms with Crippen LogP contribution in [0.15, 0.2) is 24.3 Å². The molecule has 28 heavy (non-hydrogen) atoms. The highest BCUT2D eigenvalue weighted by molar-refractivity contribution is 6.02. The second-order valence-corrected chi connectivity index (χ2v) is 9.24. The smallest absolute Gasteiger partial charge is 0.255 e.